The highest BCUT2D eigenvalue weighted by atomic mass is 14.7. The predicted octanol–water partition coefficient (Wildman–Crippen LogP) is 12.8. The highest BCUT2D eigenvalue weighted by Crippen LogP contribution is 2.42. The third kappa shape index (κ3) is 6.59. The molecule has 2 heteroatoms. The second kappa shape index (κ2) is 13.1. The van der Waals surface area contributed by atoms with E-state index in [0.29, 0.717) is 0 Å². The SMILES string of the molecule is CC(C)(C)c1ccc(C/C=C\c2c(-c3ccccc3)cc3c(cc(-c4ccccc4)c4ccc(-c5ccc(C(C)(C)C)cc5)nc43)c2N)cc1. The number of anilines is 1. The number of hydrogen-bond donors (Lipinski definition) is 1. The van der Waals surface area contributed by atoms with Crippen molar-refractivity contribution in [2.45, 2.75) is 58.8 Å². The summed E-state index contributed by atoms with van der Waals surface area (Å²) in [7, 11) is 0. The molecule has 0 saturated heterocycles. The number of fused-ring (bicyclic) bond motifs is 3. The fraction of sp³-hybridized carbons (Fsp3) is 0.188. The number of benzene rings is 6. The average Bonchev–Trinajstić information content (AvgIpc) is 3.12. The molecule has 7 aromatic rings. The normalized spacial score (nSPS) is 12.3. The molecule has 0 radical (unpaired) electrons. The molecule has 0 unspecified atom stereocenters. The van der Waals surface area contributed by atoms with Gasteiger partial charge >= 0.3 is 0 Å². The quantitative estimate of drug-likeness (QED) is 0.144. The molecule has 0 amide bonds. The molecule has 0 aliphatic rings. The van der Waals surface area contributed by atoms with Crippen LogP contribution in [0.3, 0.4) is 0 Å². The zero-order chi connectivity index (χ0) is 35.0. The lowest BCUT2D eigenvalue weighted by Gasteiger charge is -2.19. The maximum Gasteiger partial charge on any atom is 0.0795 e. The minimum absolute atomic E-state index is 0.0878. The van der Waals surface area contributed by atoms with Gasteiger partial charge in [-0.25, -0.2) is 4.98 Å². The van der Waals surface area contributed by atoms with E-state index >= 15 is 0 Å². The lowest BCUT2D eigenvalue weighted by Crippen LogP contribution is -2.10. The van der Waals surface area contributed by atoms with Crippen LogP contribution in [0.15, 0.2) is 140 Å². The number of aromatic nitrogens is 1. The third-order valence-electron chi connectivity index (χ3n) is 9.85. The molecular formula is C48H46N2. The Bertz CT molecular complexity index is 2320. The molecule has 6 aromatic carbocycles. The van der Waals surface area contributed by atoms with E-state index < -0.39 is 0 Å². The van der Waals surface area contributed by atoms with Crippen molar-refractivity contribution in [2.75, 3.05) is 5.73 Å². The van der Waals surface area contributed by atoms with Gasteiger partial charge < -0.3 is 5.73 Å². The van der Waals surface area contributed by atoms with Gasteiger partial charge in [-0.15, -0.1) is 0 Å². The van der Waals surface area contributed by atoms with Gasteiger partial charge in [0.1, 0.15) is 0 Å². The molecule has 0 aliphatic carbocycles. The molecule has 2 N–H and O–H groups in total. The van der Waals surface area contributed by atoms with Crippen LogP contribution in [0, 0.1) is 0 Å². The average molecular weight is 651 g/mol. The van der Waals surface area contributed by atoms with Gasteiger partial charge in [0.25, 0.3) is 0 Å². The van der Waals surface area contributed by atoms with Gasteiger partial charge in [-0.1, -0.05) is 163 Å². The number of allylic oxidation sites excluding steroid dienone is 1. The first kappa shape index (κ1) is 33.0. The van der Waals surface area contributed by atoms with Gasteiger partial charge in [-0.05, 0) is 80.5 Å². The van der Waals surface area contributed by atoms with Crippen LogP contribution >= 0.6 is 0 Å². The van der Waals surface area contributed by atoms with Crippen molar-refractivity contribution in [2.24, 2.45) is 0 Å². The van der Waals surface area contributed by atoms with Crippen molar-refractivity contribution >= 4 is 33.4 Å². The van der Waals surface area contributed by atoms with E-state index in [1.807, 2.05) is 0 Å². The Hall–Kier alpha value is -5.47. The van der Waals surface area contributed by atoms with Crippen molar-refractivity contribution in [3.63, 3.8) is 0 Å². The van der Waals surface area contributed by atoms with Gasteiger partial charge in [-0.2, -0.15) is 0 Å². The topological polar surface area (TPSA) is 38.9 Å². The van der Waals surface area contributed by atoms with Crippen LogP contribution in [-0.2, 0) is 17.3 Å². The largest absolute Gasteiger partial charge is 0.398 e. The number of pyridine rings is 1. The molecule has 0 aliphatic heterocycles. The van der Waals surface area contributed by atoms with Crippen LogP contribution in [0.5, 0.6) is 0 Å². The summed E-state index contributed by atoms with van der Waals surface area (Å²) in [5.41, 5.74) is 20.7. The highest BCUT2D eigenvalue weighted by molar-refractivity contribution is 6.18. The van der Waals surface area contributed by atoms with Gasteiger partial charge in [0, 0.05) is 33.0 Å². The van der Waals surface area contributed by atoms with Gasteiger partial charge in [0.15, 0.2) is 0 Å². The summed E-state index contributed by atoms with van der Waals surface area (Å²) in [6.45, 7) is 13.5. The highest BCUT2D eigenvalue weighted by Gasteiger charge is 2.19. The molecule has 1 heterocycles. The van der Waals surface area contributed by atoms with E-state index in [1.165, 1.54) is 16.7 Å². The monoisotopic (exact) mass is 650 g/mol. The fourth-order valence-electron chi connectivity index (χ4n) is 6.84. The Morgan fingerprint density at radius 1 is 0.540 bits per heavy atom. The summed E-state index contributed by atoms with van der Waals surface area (Å²) in [6, 6.07) is 47.9. The van der Waals surface area contributed by atoms with E-state index in [-0.39, 0.29) is 10.8 Å². The Balaban J connectivity index is 1.42. The minimum atomic E-state index is 0.0878. The lowest BCUT2D eigenvalue weighted by molar-refractivity contribution is 0.590. The predicted molar refractivity (Wildman–Crippen MR) is 217 cm³/mol. The maximum atomic E-state index is 7.27. The molecule has 0 saturated carbocycles. The van der Waals surface area contributed by atoms with Crippen molar-refractivity contribution < 1.29 is 0 Å². The molecular weight excluding hydrogens is 605 g/mol. The molecule has 7 rings (SSSR count). The summed E-state index contributed by atoms with van der Waals surface area (Å²) >= 11 is 0. The summed E-state index contributed by atoms with van der Waals surface area (Å²) in [5.74, 6) is 0. The number of nitrogen functional groups attached to an aromatic ring is 1. The van der Waals surface area contributed by atoms with Crippen LogP contribution in [0.4, 0.5) is 5.69 Å². The van der Waals surface area contributed by atoms with Crippen LogP contribution in [0.25, 0.3) is 61.3 Å². The Morgan fingerprint density at radius 3 is 1.66 bits per heavy atom. The Morgan fingerprint density at radius 2 is 1.08 bits per heavy atom. The van der Waals surface area contributed by atoms with Crippen molar-refractivity contribution in [1.29, 1.82) is 0 Å². The number of nitrogens with zero attached hydrogens (tertiary/aromatic N) is 1. The van der Waals surface area contributed by atoms with Crippen molar-refractivity contribution in [1.82, 2.24) is 4.98 Å². The minimum Gasteiger partial charge on any atom is -0.398 e. The van der Waals surface area contributed by atoms with E-state index in [9.17, 15) is 0 Å². The first-order valence-electron chi connectivity index (χ1n) is 17.6. The summed E-state index contributed by atoms with van der Waals surface area (Å²) in [6.07, 6.45) is 5.27. The first-order valence-corrected chi connectivity index (χ1v) is 17.6. The molecule has 2 nitrogen and oxygen atoms in total. The van der Waals surface area contributed by atoms with E-state index in [0.717, 1.165) is 72.9 Å². The van der Waals surface area contributed by atoms with Gasteiger partial charge in [-0.3, -0.25) is 0 Å². The third-order valence-corrected chi connectivity index (χ3v) is 9.85. The molecule has 0 atom stereocenters. The van der Waals surface area contributed by atoms with Crippen molar-refractivity contribution in [3.8, 4) is 33.5 Å². The number of rotatable bonds is 6. The summed E-state index contributed by atoms with van der Waals surface area (Å²) in [4.78, 5) is 5.41. The molecule has 50 heavy (non-hydrogen) atoms. The Labute approximate surface area is 297 Å². The second-order valence-electron chi connectivity index (χ2n) is 15.5. The molecule has 0 bridgehead atoms. The van der Waals surface area contributed by atoms with E-state index in [4.69, 9.17) is 10.7 Å². The van der Waals surface area contributed by atoms with E-state index in [2.05, 4.69) is 187 Å². The van der Waals surface area contributed by atoms with Crippen molar-refractivity contribution in [3.05, 3.63) is 162 Å². The van der Waals surface area contributed by atoms with Crippen LogP contribution in [0.2, 0.25) is 0 Å². The second-order valence-corrected chi connectivity index (χ2v) is 15.5. The molecule has 248 valence electrons. The zero-order valence-electron chi connectivity index (χ0n) is 30.1. The van der Waals surface area contributed by atoms with E-state index in [1.54, 1.807) is 0 Å². The number of hydrogen-bond acceptors (Lipinski definition) is 2. The molecule has 0 spiro atoms. The fourth-order valence-corrected chi connectivity index (χ4v) is 6.84. The van der Waals surface area contributed by atoms with Gasteiger partial charge in [0.05, 0.1) is 11.2 Å². The van der Waals surface area contributed by atoms with Crippen LogP contribution in [-0.4, -0.2) is 4.98 Å². The van der Waals surface area contributed by atoms with Crippen LogP contribution in [0.1, 0.15) is 63.8 Å². The smallest absolute Gasteiger partial charge is 0.0795 e. The number of nitrogens with two attached hydrogens (primary N) is 1. The van der Waals surface area contributed by atoms with Crippen LogP contribution < -0.4 is 5.73 Å². The lowest BCUT2D eigenvalue weighted by atomic mass is 9.86. The summed E-state index contributed by atoms with van der Waals surface area (Å²) in [5, 5.41) is 3.18. The first-order chi connectivity index (χ1) is 24.0. The molecule has 0 fully saturated rings. The summed E-state index contributed by atoms with van der Waals surface area (Å²) < 4.78 is 0. The maximum absolute atomic E-state index is 7.27. The molecule has 1 aromatic heterocycles. The standard InChI is InChI=1S/C48H46N2/c1-47(2,3)36-24-20-32(21-25-36)14-13-19-38-40(33-15-9-7-10-16-33)31-43-42(45(38)49)30-41(34-17-11-8-12-18-34)39-28-29-44(50-46(39)43)35-22-26-37(27-23-35)48(4,5)6/h7-13,15-31H,14,49H2,1-6H3/b19-13-. The zero-order valence-corrected chi connectivity index (χ0v) is 30.1. The van der Waals surface area contributed by atoms with Gasteiger partial charge in [0.2, 0.25) is 0 Å². The Kier molecular flexibility index (Phi) is 8.66.